The van der Waals surface area contributed by atoms with Gasteiger partial charge in [0.05, 0.1) is 0 Å². The maximum absolute atomic E-state index is 13.0. The molecule has 0 unspecified atom stereocenters. The third-order valence-electron chi connectivity index (χ3n) is 2.91. The Kier molecular flexibility index (Phi) is 5.15. The van der Waals surface area contributed by atoms with E-state index in [-0.39, 0.29) is 5.82 Å². The first-order valence-corrected chi connectivity index (χ1v) is 7.56. The molecular weight excluding hydrogens is 273 g/mol. The highest BCUT2D eigenvalue weighted by molar-refractivity contribution is 7.11. The van der Waals surface area contributed by atoms with Crippen molar-refractivity contribution >= 4 is 11.3 Å². The van der Waals surface area contributed by atoms with Crippen LogP contribution < -0.4 is 10.1 Å². The summed E-state index contributed by atoms with van der Waals surface area (Å²) in [6.07, 6.45) is 0. The zero-order valence-electron chi connectivity index (χ0n) is 12.1. The fourth-order valence-electron chi connectivity index (χ4n) is 1.82. The van der Waals surface area contributed by atoms with Crippen LogP contribution in [0.4, 0.5) is 4.39 Å². The van der Waals surface area contributed by atoms with Crippen LogP contribution in [0.15, 0.2) is 30.3 Å². The molecule has 0 saturated heterocycles. The van der Waals surface area contributed by atoms with Gasteiger partial charge in [-0.3, -0.25) is 0 Å². The van der Waals surface area contributed by atoms with Gasteiger partial charge in [-0.05, 0) is 42.8 Å². The first kappa shape index (κ1) is 15.0. The molecule has 4 heteroatoms. The molecular formula is C16H20FNOS. The molecule has 20 heavy (non-hydrogen) atoms. The zero-order chi connectivity index (χ0) is 14.5. The zero-order valence-corrected chi connectivity index (χ0v) is 12.9. The van der Waals surface area contributed by atoms with Gasteiger partial charge in [0, 0.05) is 22.3 Å². The van der Waals surface area contributed by atoms with Crippen molar-refractivity contribution in [1.29, 1.82) is 0 Å². The summed E-state index contributed by atoms with van der Waals surface area (Å²) in [7, 11) is 0. The lowest BCUT2D eigenvalue weighted by Gasteiger charge is -2.08. The van der Waals surface area contributed by atoms with Crippen LogP contribution in [-0.4, -0.2) is 6.04 Å². The van der Waals surface area contributed by atoms with Crippen molar-refractivity contribution in [3.8, 4) is 5.75 Å². The molecule has 0 aliphatic heterocycles. The van der Waals surface area contributed by atoms with E-state index in [1.165, 1.54) is 21.9 Å². The fourth-order valence-corrected chi connectivity index (χ4v) is 2.71. The van der Waals surface area contributed by atoms with Crippen molar-refractivity contribution in [3.63, 3.8) is 0 Å². The van der Waals surface area contributed by atoms with Crippen LogP contribution in [0.5, 0.6) is 5.75 Å². The second-order valence-electron chi connectivity index (χ2n) is 5.10. The number of hydrogen-bond donors (Lipinski definition) is 1. The second kappa shape index (κ2) is 6.86. The lowest BCUT2D eigenvalue weighted by Crippen LogP contribution is -2.21. The Hall–Kier alpha value is -1.39. The standard InChI is InChI=1S/C16H20FNOS/c1-11(2)18-9-14-5-6-15(20-14)10-19-16-7-4-13(17)8-12(16)3/h4-8,11,18H,9-10H2,1-3H3. The van der Waals surface area contributed by atoms with E-state index in [4.69, 9.17) is 4.74 Å². The molecule has 2 rings (SSSR count). The topological polar surface area (TPSA) is 21.3 Å². The molecule has 1 heterocycles. The largest absolute Gasteiger partial charge is 0.488 e. The highest BCUT2D eigenvalue weighted by Crippen LogP contribution is 2.22. The molecule has 0 spiro atoms. The summed E-state index contributed by atoms with van der Waals surface area (Å²) < 4.78 is 18.7. The molecule has 1 aromatic heterocycles. The molecule has 2 aromatic rings. The van der Waals surface area contributed by atoms with E-state index in [0.29, 0.717) is 12.6 Å². The van der Waals surface area contributed by atoms with Crippen LogP contribution in [0.3, 0.4) is 0 Å². The maximum Gasteiger partial charge on any atom is 0.123 e. The van der Waals surface area contributed by atoms with Crippen molar-refractivity contribution in [2.75, 3.05) is 0 Å². The number of halogens is 1. The number of thiophene rings is 1. The molecule has 1 N–H and O–H groups in total. The Morgan fingerprint density at radius 3 is 2.65 bits per heavy atom. The summed E-state index contributed by atoms with van der Waals surface area (Å²) in [6, 6.07) is 9.28. The van der Waals surface area contributed by atoms with Crippen LogP contribution in [0, 0.1) is 12.7 Å². The van der Waals surface area contributed by atoms with Crippen molar-refractivity contribution < 1.29 is 9.13 Å². The van der Waals surface area contributed by atoms with Gasteiger partial charge in [-0.2, -0.15) is 0 Å². The molecule has 108 valence electrons. The van der Waals surface area contributed by atoms with Crippen LogP contribution in [0.25, 0.3) is 0 Å². The molecule has 0 amide bonds. The van der Waals surface area contributed by atoms with E-state index in [1.54, 1.807) is 17.4 Å². The van der Waals surface area contributed by atoms with Gasteiger partial charge in [-0.15, -0.1) is 11.3 Å². The average Bonchev–Trinajstić information content (AvgIpc) is 2.83. The Labute approximate surface area is 123 Å². The van der Waals surface area contributed by atoms with E-state index >= 15 is 0 Å². The minimum atomic E-state index is -0.229. The predicted octanol–water partition coefficient (Wildman–Crippen LogP) is 4.27. The molecule has 0 saturated carbocycles. The second-order valence-corrected chi connectivity index (χ2v) is 6.35. The SMILES string of the molecule is Cc1cc(F)ccc1OCc1ccc(CNC(C)C)s1. The number of hydrogen-bond acceptors (Lipinski definition) is 3. The smallest absolute Gasteiger partial charge is 0.123 e. The molecule has 0 atom stereocenters. The summed E-state index contributed by atoms with van der Waals surface area (Å²) >= 11 is 1.74. The van der Waals surface area contributed by atoms with Gasteiger partial charge < -0.3 is 10.1 Å². The Bertz CT molecular complexity index is 565. The normalized spacial score (nSPS) is 11.1. The highest BCUT2D eigenvalue weighted by atomic mass is 32.1. The summed E-state index contributed by atoms with van der Waals surface area (Å²) in [5.74, 6) is 0.509. The van der Waals surface area contributed by atoms with Crippen molar-refractivity contribution in [3.05, 3.63) is 51.5 Å². The molecule has 0 radical (unpaired) electrons. The number of benzene rings is 1. The van der Waals surface area contributed by atoms with E-state index in [2.05, 4.69) is 31.3 Å². The Morgan fingerprint density at radius 2 is 1.95 bits per heavy atom. The van der Waals surface area contributed by atoms with Crippen LogP contribution in [0.2, 0.25) is 0 Å². The van der Waals surface area contributed by atoms with Crippen LogP contribution in [0.1, 0.15) is 29.2 Å². The average molecular weight is 293 g/mol. The highest BCUT2D eigenvalue weighted by Gasteiger charge is 2.04. The molecule has 0 fully saturated rings. The van der Waals surface area contributed by atoms with Crippen LogP contribution in [-0.2, 0) is 13.2 Å². The minimum absolute atomic E-state index is 0.229. The first-order valence-electron chi connectivity index (χ1n) is 6.74. The Balaban J connectivity index is 1.90. The lowest BCUT2D eigenvalue weighted by molar-refractivity contribution is 0.307. The van der Waals surface area contributed by atoms with Gasteiger partial charge in [0.15, 0.2) is 0 Å². The fraction of sp³-hybridized carbons (Fsp3) is 0.375. The number of nitrogens with one attached hydrogen (secondary N) is 1. The van der Waals surface area contributed by atoms with E-state index in [0.717, 1.165) is 17.9 Å². The summed E-state index contributed by atoms with van der Waals surface area (Å²) in [6.45, 7) is 7.53. The molecule has 0 aliphatic carbocycles. The summed E-state index contributed by atoms with van der Waals surface area (Å²) in [5, 5.41) is 3.39. The van der Waals surface area contributed by atoms with E-state index in [1.807, 2.05) is 6.92 Å². The van der Waals surface area contributed by atoms with Gasteiger partial charge in [-0.25, -0.2) is 4.39 Å². The van der Waals surface area contributed by atoms with E-state index in [9.17, 15) is 4.39 Å². The van der Waals surface area contributed by atoms with Crippen LogP contribution >= 0.6 is 11.3 Å². The summed E-state index contributed by atoms with van der Waals surface area (Å²) in [5.41, 5.74) is 0.822. The van der Waals surface area contributed by atoms with Crippen molar-refractivity contribution in [1.82, 2.24) is 5.32 Å². The van der Waals surface area contributed by atoms with Gasteiger partial charge in [-0.1, -0.05) is 13.8 Å². The van der Waals surface area contributed by atoms with Gasteiger partial charge in [0.2, 0.25) is 0 Å². The maximum atomic E-state index is 13.0. The third-order valence-corrected chi connectivity index (χ3v) is 3.97. The van der Waals surface area contributed by atoms with Gasteiger partial charge in [0.1, 0.15) is 18.2 Å². The van der Waals surface area contributed by atoms with E-state index < -0.39 is 0 Å². The molecule has 0 aliphatic rings. The lowest BCUT2D eigenvalue weighted by atomic mass is 10.2. The number of rotatable bonds is 6. The summed E-state index contributed by atoms with van der Waals surface area (Å²) in [4.78, 5) is 2.47. The van der Waals surface area contributed by atoms with Crippen molar-refractivity contribution in [2.24, 2.45) is 0 Å². The molecule has 2 nitrogen and oxygen atoms in total. The monoisotopic (exact) mass is 293 g/mol. The van der Waals surface area contributed by atoms with Gasteiger partial charge >= 0.3 is 0 Å². The third kappa shape index (κ3) is 4.32. The Morgan fingerprint density at radius 1 is 1.20 bits per heavy atom. The van der Waals surface area contributed by atoms with Crippen molar-refractivity contribution in [2.45, 2.75) is 40.0 Å². The predicted molar refractivity (Wildman–Crippen MR) is 81.8 cm³/mol. The molecule has 0 bridgehead atoms. The quantitative estimate of drug-likeness (QED) is 0.858. The number of aryl methyl sites for hydroxylation is 1. The first-order chi connectivity index (χ1) is 9.54. The minimum Gasteiger partial charge on any atom is -0.488 e. The van der Waals surface area contributed by atoms with Gasteiger partial charge in [0.25, 0.3) is 0 Å². The number of ether oxygens (including phenoxy) is 1. The molecule has 1 aromatic carbocycles.